The maximum atomic E-state index is 16.3. The molecule has 236 valence electrons. The second kappa shape index (κ2) is 14.0. The largest absolute Gasteiger partial charge is 0.493 e. The molecule has 0 radical (unpaired) electrons. The predicted molar refractivity (Wildman–Crippen MR) is 163 cm³/mol. The average Bonchev–Trinajstić information content (AvgIpc) is 3.04. The van der Waals surface area contributed by atoms with E-state index < -0.39 is 33.5 Å². The van der Waals surface area contributed by atoms with E-state index in [1.807, 2.05) is 4.72 Å². The highest BCUT2D eigenvalue weighted by Gasteiger charge is 2.50. The van der Waals surface area contributed by atoms with Crippen molar-refractivity contribution in [3.63, 3.8) is 0 Å². The van der Waals surface area contributed by atoms with Crippen LogP contribution in [0.15, 0.2) is 83.8 Å². The van der Waals surface area contributed by atoms with Crippen molar-refractivity contribution in [2.75, 3.05) is 19.7 Å². The van der Waals surface area contributed by atoms with E-state index in [9.17, 15) is 13.2 Å². The molecule has 1 amide bonds. The minimum Gasteiger partial charge on any atom is -0.493 e. The lowest BCUT2D eigenvalue weighted by Crippen LogP contribution is -2.57. The topological polar surface area (TPSA) is 111 Å². The maximum Gasteiger partial charge on any atom is 0.298 e. The van der Waals surface area contributed by atoms with Crippen LogP contribution in [0.25, 0.3) is 0 Å². The number of hydrogen-bond acceptors (Lipinski definition) is 6. The van der Waals surface area contributed by atoms with Crippen molar-refractivity contribution in [1.82, 2.24) is 9.62 Å². The highest BCUT2D eigenvalue weighted by molar-refractivity contribution is 7.89. The van der Waals surface area contributed by atoms with Crippen molar-refractivity contribution in [2.24, 2.45) is 11.7 Å². The lowest BCUT2D eigenvalue weighted by Gasteiger charge is -2.35. The van der Waals surface area contributed by atoms with Crippen molar-refractivity contribution >= 4 is 15.9 Å². The van der Waals surface area contributed by atoms with Crippen molar-refractivity contribution in [3.05, 3.63) is 84.4 Å². The summed E-state index contributed by atoms with van der Waals surface area (Å²) in [5.41, 5.74) is 5.40. The zero-order valence-corrected chi connectivity index (χ0v) is 25.4. The summed E-state index contributed by atoms with van der Waals surface area (Å²) >= 11 is 0. The molecule has 0 aromatic heterocycles. The van der Waals surface area contributed by atoms with Gasteiger partial charge in [-0.3, -0.25) is 4.79 Å². The standard InChI is InChI=1S/C33H39F2N3O5S/c34-33(35,25-10-7-13-29(22-25)43-28-11-5-2-6-12-28)31(32(39)38-20-18-26(36)19-21-38)37-44(40,41)30-16-14-27(15-17-30)42-23-24-8-3-1-4-9-24/h2,5-7,10-17,22,24,26,31,37H,1,3-4,8-9,18-21,23,36H2/t31-/m1/s1. The number of ether oxygens (including phenoxy) is 2. The zero-order chi connectivity index (χ0) is 31.2. The highest BCUT2D eigenvalue weighted by atomic mass is 32.2. The summed E-state index contributed by atoms with van der Waals surface area (Å²) in [6.07, 6.45) is 6.65. The van der Waals surface area contributed by atoms with Crippen LogP contribution >= 0.6 is 0 Å². The number of alkyl halides is 2. The number of carbonyl (C=O) groups excluding carboxylic acids is 1. The fraction of sp³-hybridized carbons (Fsp3) is 0.424. The summed E-state index contributed by atoms with van der Waals surface area (Å²) < 4.78 is 73.3. The normalized spacial score (nSPS) is 17.7. The molecule has 3 aromatic rings. The van der Waals surface area contributed by atoms with Crippen LogP contribution in [0.4, 0.5) is 8.78 Å². The molecule has 0 unspecified atom stereocenters. The lowest BCUT2D eigenvalue weighted by atomic mass is 9.90. The Labute approximate surface area is 257 Å². The molecule has 1 heterocycles. The number of sulfonamides is 1. The first-order valence-corrected chi connectivity index (χ1v) is 16.6. The number of nitrogens with two attached hydrogens (primary N) is 1. The third-order valence-corrected chi connectivity index (χ3v) is 9.71. The molecule has 44 heavy (non-hydrogen) atoms. The molecule has 2 fully saturated rings. The van der Waals surface area contributed by atoms with Gasteiger partial charge in [0.1, 0.15) is 17.2 Å². The third kappa shape index (κ3) is 7.94. The molecule has 5 rings (SSSR count). The van der Waals surface area contributed by atoms with Gasteiger partial charge >= 0.3 is 0 Å². The van der Waals surface area contributed by atoms with Gasteiger partial charge in [0.05, 0.1) is 11.5 Å². The lowest BCUT2D eigenvalue weighted by molar-refractivity contribution is -0.145. The molecule has 1 aliphatic carbocycles. The molecule has 8 nitrogen and oxygen atoms in total. The predicted octanol–water partition coefficient (Wildman–Crippen LogP) is 5.83. The molecule has 3 aromatic carbocycles. The van der Waals surface area contributed by atoms with Gasteiger partial charge in [-0.1, -0.05) is 49.6 Å². The first-order chi connectivity index (χ1) is 21.1. The summed E-state index contributed by atoms with van der Waals surface area (Å²) in [7, 11) is -4.54. The molecule has 0 bridgehead atoms. The minimum absolute atomic E-state index is 0.121. The van der Waals surface area contributed by atoms with Crippen molar-refractivity contribution in [2.45, 2.75) is 67.8 Å². The summed E-state index contributed by atoms with van der Waals surface area (Å²) in [5.74, 6) is -3.43. The van der Waals surface area contributed by atoms with Crippen LogP contribution < -0.4 is 19.9 Å². The van der Waals surface area contributed by atoms with Gasteiger partial charge < -0.3 is 20.1 Å². The summed E-state index contributed by atoms with van der Waals surface area (Å²) in [4.78, 5) is 14.6. The third-order valence-electron chi connectivity index (χ3n) is 8.28. The van der Waals surface area contributed by atoms with E-state index in [0.29, 0.717) is 36.9 Å². The van der Waals surface area contributed by atoms with Gasteiger partial charge in [0.25, 0.3) is 5.92 Å². The Hall–Kier alpha value is -3.54. The van der Waals surface area contributed by atoms with Crippen LogP contribution in [-0.4, -0.2) is 51.0 Å². The number of nitrogens with one attached hydrogen (secondary N) is 1. The van der Waals surface area contributed by atoms with E-state index in [0.717, 1.165) is 25.0 Å². The Morgan fingerprint density at radius 3 is 2.23 bits per heavy atom. The van der Waals surface area contributed by atoms with Crippen molar-refractivity contribution in [3.8, 4) is 17.2 Å². The van der Waals surface area contributed by atoms with Crippen molar-refractivity contribution < 1.29 is 31.5 Å². The summed E-state index contributed by atoms with van der Waals surface area (Å²) in [6.45, 7) is 0.844. The first kappa shape index (κ1) is 31.9. The molecule has 3 N–H and O–H groups in total. The SMILES string of the molecule is NC1CCN(C(=O)[C@@H](NS(=O)(=O)c2ccc(OCC3CCCCC3)cc2)C(F)(F)c2cccc(Oc3ccccc3)c2)CC1. The van der Waals surface area contributed by atoms with Gasteiger partial charge in [0, 0.05) is 24.7 Å². The van der Waals surface area contributed by atoms with Gasteiger partial charge in [0.15, 0.2) is 6.04 Å². The number of nitrogens with zero attached hydrogens (tertiary/aromatic N) is 1. The zero-order valence-electron chi connectivity index (χ0n) is 24.5. The number of para-hydroxylation sites is 1. The number of likely N-dealkylation sites (tertiary alicyclic amines) is 1. The molecule has 1 saturated carbocycles. The van der Waals surface area contributed by atoms with Crippen LogP contribution in [-0.2, 0) is 20.7 Å². The van der Waals surface area contributed by atoms with E-state index in [1.165, 1.54) is 60.6 Å². The monoisotopic (exact) mass is 627 g/mol. The number of rotatable bonds is 11. The fourth-order valence-electron chi connectivity index (χ4n) is 5.65. The molecule has 2 aliphatic rings. The van der Waals surface area contributed by atoms with Crippen LogP contribution in [0.3, 0.4) is 0 Å². The molecule has 0 spiro atoms. The number of hydrogen-bond donors (Lipinski definition) is 2. The quantitative estimate of drug-likeness (QED) is 0.277. The Balaban J connectivity index is 1.38. The number of carbonyl (C=O) groups is 1. The Bertz CT molecular complexity index is 1490. The van der Waals surface area contributed by atoms with Gasteiger partial charge in [0.2, 0.25) is 15.9 Å². The van der Waals surface area contributed by atoms with E-state index in [4.69, 9.17) is 15.2 Å². The van der Waals surface area contributed by atoms with Crippen LogP contribution in [0.1, 0.15) is 50.5 Å². The van der Waals surface area contributed by atoms with E-state index in [1.54, 1.807) is 30.3 Å². The van der Waals surface area contributed by atoms with E-state index >= 15 is 8.78 Å². The molecule has 1 aliphatic heterocycles. The summed E-state index contributed by atoms with van der Waals surface area (Å²) in [6, 6.07) is 16.8. The molecular weight excluding hydrogens is 588 g/mol. The molecular formula is C33H39F2N3O5S. The van der Waals surface area contributed by atoms with Gasteiger partial charge in [-0.2, -0.15) is 13.5 Å². The fourth-order valence-corrected chi connectivity index (χ4v) is 6.84. The Kier molecular flexibility index (Phi) is 10.2. The average molecular weight is 628 g/mol. The highest BCUT2D eigenvalue weighted by Crippen LogP contribution is 2.37. The number of halogens is 2. The van der Waals surface area contributed by atoms with Gasteiger partial charge in [-0.15, -0.1) is 0 Å². The number of piperidine rings is 1. The van der Waals surface area contributed by atoms with Crippen molar-refractivity contribution in [1.29, 1.82) is 0 Å². The summed E-state index contributed by atoms with van der Waals surface area (Å²) in [5, 5.41) is 0. The van der Waals surface area contributed by atoms with Crippen LogP contribution in [0, 0.1) is 5.92 Å². The van der Waals surface area contributed by atoms with Gasteiger partial charge in [-0.05, 0) is 80.1 Å². The number of benzene rings is 3. The van der Waals surface area contributed by atoms with Crippen LogP contribution in [0.2, 0.25) is 0 Å². The maximum absolute atomic E-state index is 16.3. The van der Waals surface area contributed by atoms with Gasteiger partial charge in [-0.25, -0.2) is 8.42 Å². The van der Waals surface area contributed by atoms with E-state index in [2.05, 4.69) is 0 Å². The number of amides is 1. The molecule has 1 atom stereocenters. The second-order valence-electron chi connectivity index (χ2n) is 11.6. The minimum atomic E-state index is -4.54. The second-order valence-corrected chi connectivity index (χ2v) is 13.3. The first-order valence-electron chi connectivity index (χ1n) is 15.1. The molecule has 1 saturated heterocycles. The van der Waals surface area contributed by atoms with Crippen LogP contribution in [0.5, 0.6) is 17.2 Å². The smallest absolute Gasteiger partial charge is 0.298 e. The molecule has 11 heteroatoms. The Morgan fingerprint density at radius 1 is 0.886 bits per heavy atom. The Morgan fingerprint density at radius 2 is 1.55 bits per heavy atom. The van der Waals surface area contributed by atoms with E-state index in [-0.39, 0.29) is 29.8 Å².